The largest absolute Gasteiger partial charge is 0.497 e. The fourth-order valence-corrected chi connectivity index (χ4v) is 5.00. The summed E-state index contributed by atoms with van der Waals surface area (Å²) in [5.41, 5.74) is 0.528. The molecule has 0 aliphatic heterocycles. The van der Waals surface area contributed by atoms with E-state index in [0.29, 0.717) is 17.0 Å². The van der Waals surface area contributed by atoms with Crippen LogP contribution in [-0.2, 0) is 15.6 Å². The Morgan fingerprint density at radius 3 is 2.72 bits per heavy atom. The minimum Gasteiger partial charge on any atom is -0.497 e. The zero-order chi connectivity index (χ0) is 20.6. The van der Waals surface area contributed by atoms with Crippen LogP contribution in [0.4, 0.5) is 8.78 Å². The van der Waals surface area contributed by atoms with Crippen LogP contribution in [0, 0.1) is 17.6 Å². The third kappa shape index (κ3) is 4.29. The number of aromatic nitrogens is 3. The van der Waals surface area contributed by atoms with E-state index in [1.165, 1.54) is 19.4 Å². The fourth-order valence-electron chi connectivity index (χ4n) is 3.13. The molecule has 2 aromatic carbocycles. The molecule has 29 heavy (non-hydrogen) atoms. The lowest BCUT2D eigenvalue weighted by molar-refractivity contribution is 0.415. The third-order valence-corrected chi connectivity index (χ3v) is 6.53. The van der Waals surface area contributed by atoms with Crippen molar-refractivity contribution in [1.29, 1.82) is 0 Å². The Kier molecular flexibility index (Phi) is 5.08. The van der Waals surface area contributed by atoms with Gasteiger partial charge >= 0.3 is 0 Å². The molecule has 6 nitrogen and oxygen atoms in total. The third-order valence-electron chi connectivity index (χ3n) is 4.80. The zero-order valence-electron chi connectivity index (χ0n) is 15.7. The molecule has 4 rings (SSSR count). The Morgan fingerprint density at radius 2 is 2.00 bits per heavy atom. The van der Waals surface area contributed by atoms with E-state index in [1.807, 2.05) is 0 Å². The first-order valence-corrected chi connectivity index (χ1v) is 10.9. The highest BCUT2D eigenvalue weighted by molar-refractivity contribution is 7.90. The smallest absolute Gasteiger partial charge is 0.156 e. The van der Waals surface area contributed by atoms with E-state index in [4.69, 9.17) is 4.74 Å². The Labute approximate surface area is 167 Å². The molecule has 1 aliphatic rings. The predicted octanol–water partition coefficient (Wildman–Crippen LogP) is 3.55. The SMILES string of the molecule is COc1cccc(-c2cn(-c3c(F)ccc(CS(=O)(=O)CC4CC4)c3F)nn2)c1. The predicted molar refractivity (Wildman–Crippen MR) is 103 cm³/mol. The normalized spacial score (nSPS) is 14.2. The second-order valence-corrected chi connectivity index (χ2v) is 9.26. The van der Waals surface area contributed by atoms with Gasteiger partial charge in [-0.1, -0.05) is 23.4 Å². The van der Waals surface area contributed by atoms with Gasteiger partial charge in [0.2, 0.25) is 0 Å². The van der Waals surface area contributed by atoms with Crippen molar-refractivity contribution in [3.05, 3.63) is 59.8 Å². The number of nitrogens with zero attached hydrogens (tertiary/aromatic N) is 3. The van der Waals surface area contributed by atoms with E-state index in [9.17, 15) is 12.8 Å². The van der Waals surface area contributed by atoms with E-state index in [2.05, 4.69) is 10.3 Å². The van der Waals surface area contributed by atoms with E-state index in [-0.39, 0.29) is 17.2 Å². The molecule has 3 aromatic rings. The summed E-state index contributed by atoms with van der Waals surface area (Å²) in [6.45, 7) is 0. The monoisotopic (exact) mass is 419 g/mol. The molecule has 1 heterocycles. The molecule has 0 N–H and O–H groups in total. The van der Waals surface area contributed by atoms with Gasteiger partial charge in [0.05, 0.1) is 24.8 Å². The number of benzene rings is 2. The summed E-state index contributed by atoms with van der Waals surface area (Å²) in [5.74, 6) is -1.48. The first kappa shape index (κ1) is 19.5. The highest BCUT2D eigenvalue weighted by atomic mass is 32.2. The summed E-state index contributed by atoms with van der Waals surface area (Å²) < 4.78 is 60.1. The van der Waals surface area contributed by atoms with E-state index >= 15 is 4.39 Å². The van der Waals surface area contributed by atoms with Crippen molar-refractivity contribution in [1.82, 2.24) is 15.0 Å². The van der Waals surface area contributed by atoms with Crippen molar-refractivity contribution in [2.45, 2.75) is 18.6 Å². The molecule has 0 atom stereocenters. The van der Waals surface area contributed by atoms with Gasteiger partial charge in [0.25, 0.3) is 0 Å². The van der Waals surface area contributed by atoms with Crippen LogP contribution in [0.2, 0.25) is 0 Å². The number of methoxy groups -OCH3 is 1. The van der Waals surface area contributed by atoms with E-state index < -0.39 is 32.9 Å². The second-order valence-electron chi connectivity index (χ2n) is 7.15. The molecule has 0 bridgehead atoms. The molecule has 152 valence electrons. The summed E-state index contributed by atoms with van der Waals surface area (Å²) in [4.78, 5) is 0. The van der Waals surface area contributed by atoms with Crippen molar-refractivity contribution in [2.24, 2.45) is 5.92 Å². The van der Waals surface area contributed by atoms with Crippen molar-refractivity contribution < 1.29 is 21.9 Å². The van der Waals surface area contributed by atoms with E-state index in [1.54, 1.807) is 24.3 Å². The Hall–Kier alpha value is -2.81. The van der Waals surface area contributed by atoms with Crippen molar-refractivity contribution >= 4 is 9.84 Å². The first-order chi connectivity index (χ1) is 13.9. The van der Waals surface area contributed by atoms with Crippen LogP contribution < -0.4 is 4.74 Å². The van der Waals surface area contributed by atoms with Gasteiger partial charge in [0.1, 0.15) is 17.1 Å². The van der Waals surface area contributed by atoms with Crippen molar-refractivity contribution in [3.8, 4) is 22.7 Å². The maximum Gasteiger partial charge on any atom is 0.156 e. The molecule has 0 saturated heterocycles. The maximum atomic E-state index is 15.0. The minimum atomic E-state index is -3.47. The van der Waals surface area contributed by atoms with E-state index in [0.717, 1.165) is 23.6 Å². The van der Waals surface area contributed by atoms with Crippen LogP contribution in [0.15, 0.2) is 42.6 Å². The van der Waals surface area contributed by atoms with Crippen LogP contribution in [0.25, 0.3) is 16.9 Å². The molecule has 1 fully saturated rings. The quantitative estimate of drug-likeness (QED) is 0.586. The maximum absolute atomic E-state index is 15.0. The average Bonchev–Trinajstić information content (AvgIpc) is 3.36. The summed E-state index contributed by atoms with van der Waals surface area (Å²) in [5, 5.41) is 7.81. The van der Waals surface area contributed by atoms with Crippen molar-refractivity contribution in [2.75, 3.05) is 12.9 Å². The summed E-state index contributed by atoms with van der Waals surface area (Å²) in [6, 6.07) is 9.23. The summed E-state index contributed by atoms with van der Waals surface area (Å²) in [7, 11) is -1.94. The van der Waals surface area contributed by atoms with Gasteiger partial charge in [-0.05, 0) is 37.0 Å². The Morgan fingerprint density at radius 1 is 1.21 bits per heavy atom. The summed E-state index contributed by atoms with van der Waals surface area (Å²) in [6.07, 6.45) is 3.14. The van der Waals surface area contributed by atoms with Gasteiger partial charge in [-0.15, -0.1) is 5.10 Å². The van der Waals surface area contributed by atoms with Gasteiger partial charge < -0.3 is 4.74 Å². The lowest BCUT2D eigenvalue weighted by Crippen LogP contribution is -2.13. The highest BCUT2D eigenvalue weighted by Crippen LogP contribution is 2.32. The molecule has 0 radical (unpaired) electrons. The van der Waals surface area contributed by atoms with Gasteiger partial charge in [-0.25, -0.2) is 21.9 Å². The number of sulfone groups is 1. The molecular weight excluding hydrogens is 400 g/mol. The summed E-state index contributed by atoms with van der Waals surface area (Å²) >= 11 is 0. The topological polar surface area (TPSA) is 74.1 Å². The zero-order valence-corrected chi connectivity index (χ0v) is 16.5. The Balaban J connectivity index is 1.67. The molecule has 0 amide bonds. The highest BCUT2D eigenvalue weighted by Gasteiger charge is 2.29. The number of halogens is 2. The molecule has 9 heteroatoms. The lowest BCUT2D eigenvalue weighted by Gasteiger charge is -2.10. The van der Waals surface area contributed by atoms with Gasteiger partial charge in [-0.3, -0.25) is 0 Å². The first-order valence-electron chi connectivity index (χ1n) is 9.11. The fraction of sp³-hybridized carbons (Fsp3) is 0.300. The van der Waals surface area contributed by atoms with Crippen molar-refractivity contribution in [3.63, 3.8) is 0 Å². The second kappa shape index (κ2) is 7.55. The van der Waals surface area contributed by atoms with Crippen LogP contribution in [0.1, 0.15) is 18.4 Å². The van der Waals surface area contributed by atoms with Crippen LogP contribution >= 0.6 is 0 Å². The number of hydrogen-bond donors (Lipinski definition) is 0. The minimum absolute atomic E-state index is 0.0302. The van der Waals surface area contributed by atoms with Crippen LogP contribution in [0.3, 0.4) is 0 Å². The van der Waals surface area contributed by atoms with Gasteiger partial charge in [0.15, 0.2) is 21.5 Å². The van der Waals surface area contributed by atoms with Crippen LogP contribution in [0.5, 0.6) is 5.75 Å². The molecule has 1 aromatic heterocycles. The molecule has 0 spiro atoms. The Bertz CT molecular complexity index is 1160. The number of rotatable bonds is 7. The molecule has 1 saturated carbocycles. The lowest BCUT2D eigenvalue weighted by atomic mass is 10.1. The standard InChI is InChI=1S/C20H19F2N3O3S/c1-28-16-4-2-3-14(9-16)18-10-25(24-23-18)20-17(21)8-7-15(19(20)22)12-29(26,27)11-13-5-6-13/h2-4,7-10,13H,5-6,11-12H2,1H3. The van der Waals surface area contributed by atoms with Crippen LogP contribution in [-0.4, -0.2) is 36.3 Å². The van der Waals surface area contributed by atoms with Gasteiger partial charge in [0, 0.05) is 11.1 Å². The molecule has 0 unspecified atom stereocenters. The average molecular weight is 419 g/mol. The number of ether oxygens (including phenoxy) is 1. The molecule has 1 aliphatic carbocycles. The number of hydrogen-bond acceptors (Lipinski definition) is 5. The van der Waals surface area contributed by atoms with Gasteiger partial charge in [-0.2, -0.15) is 0 Å². The molecular formula is C20H19F2N3O3S.